The van der Waals surface area contributed by atoms with E-state index in [-0.39, 0.29) is 18.2 Å². The lowest BCUT2D eigenvalue weighted by Gasteiger charge is -2.17. The van der Waals surface area contributed by atoms with Crippen LogP contribution in [0.15, 0.2) is 0 Å². The molecule has 4 nitrogen and oxygen atoms in total. The van der Waals surface area contributed by atoms with Gasteiger partial charge in [0.2, 0.25) is 5.91 Å². The second-order valence-corrected chi connectivity index (χ2v) is 8.70. The number of hydrogen-bond donors (Lipinski definition) is 1. The molecule has 88 valence electrons. The summed E-state index contributed by atoms with van der Waals surface area (Å²) in [6.45, 7) is 3.69. The van der Waals surface area contributed by atoms with Crippen LogP contribution in [0.5, 0.6) is 0 Å². The summed E-state index contributed by atoms with van der Waals surface area (Å²) in [5.41, 5.74) is 0. The van der Waals surface area contributed by atoms with E-state index in [1.807, 2.05) is 0 Å². The van der Waals surface area contributed by atoms with Crippen molar-refractivity contribution in [1.82, 2.24) is 5.32 Å². The molecule has 1 aliphatic heterocycles. The molecule has 0 aromatic heterocycles. The Morgan fingerprint density at radius 2 is 2.13 bits per heavy atom. The van der Waals surface area contributed by atoms with E-state index >= 15 is 0 Å². The normalized spacial score (nSPS) is 25.1. The number of alkyl halides is 1. The topological polar surface area (TPSA) is 63.2 Å². The van der Waals surface area contributed by atoms with Crippen molar-refractivity contribution in [2.45, 2.75) is 36.3 Å². The molecular weight excluding hydrogens is 282 g/mol. The first-order chi connectivity index (χ1) is 6.73. The van der Waals surface area contributed by atoms with Crippen LogP contribution in [0.3, 0.4) is 0 Å². The second kappa shape index (κ2) is 4.41. The van der Waals surface area contributed by atoms with Gasteiger partial charge in [0.15, 0.2) is 9.84 Å². The molecule has 0 radical (unpaired) electrons. The zero-order valence-electron chi connectivity index (χ0n) is 8.92. The van der Waals surface area contributed by atoms with Crippen LogP contribution in [0.1, 0.15) is 26.7 Å². The number of halogens is 1. The number of nitrogens with one attached hydrogen (secondary N) is 1. The molecule has 0 bridgehead atoms. The summed E-state index contributed by atoms with van der Waals surface area (Å²) in [6.07, 6.45) is 1.37. The molecule has 1 unspecified atom stereocenters. The smallest absolute Gasteiger partial charge is 0.236 e. The van der Waals surface area contributed by atoms with Crippen molar-refractivity contribution < 1.29 is 13.2 Å². The van der Waals surface area contributed by atoms with Crippen LogP contribution in [-0.4, -0.2) is 36.2 Å². The lowest BCUT2D eigenvalue weighted by molar-refractivity contribution is -0.122. The predicted octanol–water partition coefficient (Wildman–Crippen LogP) is 0.853. The average Bonchev–Trinajstić information content (AvgIpc) is 2.39. The quantitative estimate of drug-likeness (QED) is 0.786. The number of carbonyl (C=O) groups excluding carboxylic acids is 1. The maximum absolute atomic E-state index is 11.5. The zero-order valence-corrected chi connectivity index (χ0v) is 11.3. The molecule has 1 amide bonds. The van der Waals surface area contributed by atoms with E-state index in [4.69, 9.17) is 0 Å². The monoisotopic (exact) mass is 297 g/mol. The van der Waals surface area contributed by atoms with E-state index in [1.54, 1.807) is 13.8 Å². The highest BCUT2D eigenvalue weighted by molar-refractivity contribution is 9.10. The molecule has 15 heavy (non-hydrogen) atoms. The summed E-state index contributed by atoms with van der Waals surface area (Å²) >= 11 is 3.22. The number of sulfone groups is 1. The van der Waals surface area contributed by atoms with Crippen LogP contribution in [0.25, 0.3) is 0 Å². The molecule has 0 aromatic rings. The first-order valence-electron chi connectivity index (χ1n) is 4.92. The third-order valence-corrected chi connectivity index (χ3v) is 5.13. The van der Waals surface area contributed by atoms with Crippen LogP contribution in [0.2, 0.25) is 0 Å². The molecule has 1 fully saturated rings. The van der Waals surface area contributed by atoms with Crippen molar-refractivity contribution in [3.63, 3.8) is 0 Å². The van der Waals surface area contributed by atoms with Crippen molar-refractivity contribution in [3.8, 4) is 0 Å². The SMILES string of the molecule is CC(C)(Br)C(=O)NCC1CCCS1(=O)=O. The van der Waals surface area contributed by atoms with E-state index in [2.05, 4.69) is 21.2 Å². The van der Waals surface area contributed by atoms with Crippen LogP contribution >= 0.6 is 15.9 Å². The van der Waals surface area contributed by atoms with Crippen molar-refractivity contribution in [3.05, 3.63) is 0 Å². The molecule has 0 aromatic carbocycles. The van der Waals surface area contributed by atoms with Gasteiger partial charge < -0.3 is 5.32 Å². The van der Waals surface area contributed by atoms with Gasteiger partial charge in [-0.3, -0.25) is 4.79 Å². The molecule has 1 aliphatic rings. The van der Waals surface area contributed by atoms with E-state index in [0.29, 0.717) is 12.8 Å². The maximum Gasteiger partial charge on any atom is 0.236 e. The van der Waals surface area contributed by atoms with Crippen LogP contribution in [0.4, 0.5) is 0 Å². The van der Waals surface area contributed by atoms with E-state index < -0.39 is 19.4 Å². The van der Waals surface area contributed by atoms with Crippen LogP contribution < -0.4 is 5.32 Å². The summed E-state index contributed by atoms with van der Waals surface area (Å²) in [5, 5.41) is 2.26. The zero-order chi connectivity index (χ0) is 11.7. The Morgan fingerprint density at radius 3 is 2.53 bits per heavy atom. The van der Waals surface area contributed by atoms with Gasteiger partial charge in [-0.1, -0.05) is 15.9 Å². The van der Waals surface area contributed by atoms with Crippen molar-refractivity contribution in [1.29, 1.82) is 0 Å². The molecule has 1 heterocycles. The Kier molecular flexibility index (Phi) is 3.81. The largest absolute Gasteiger partial charge is 0.354 e. The fourth-order valence-electron chi connectivity index (χ4n) is 1.50. The van der Waals surface area contributed by atoms with Crippen molar-refractivity contribution >= 4 is 31.7 Å². The highest BCUT2D eigenvalue weighted by Crippen LogP contribution is 2.20. The number of hydrogen-bond acceptors (Lipinski definition) is 3. The number of amides is 1. The summed E-state index contributed by atoms with van der Waals surface area (Å²) in [4.78, 5) is 11.5. The molecule has 6 heteroatoms. The standard InChI is InChI=1S/C9H16BrNO3S/c1-9(2,10)8(12)11-6-7-4-3-5-15(7,13)14/h7H,3-6H2,1-2H3,(H,11,12). The second-order valence-electron chi connectivity index (χ2n) is 4.31. The van der Waals surface area contributed by atoms with Gasteiger partial charge in [0.1, 0.15) is 0 Å². The first kappa shape index (κ1) is 13.0. The minimum atomic E-state index is -2.96. The van der Waals surface area contributed by atoms with Gasteiger partial charge in [-0.2, -0.15) is 0 Å². The summed E-state index contributed by atoms with van der Waals surface area (Å²) in [6, 6.07) is 0. The molecule has 1 rings (SSSR count). The van der Waals surface area contributed by atoms with Crippen LogP contribution in [-0.2, 0) is 14.6 Å². The predicted molar refractivity (Wildman–Crippen MR) is 62.8 cm³/mol. The van der Waals surface area contributed by atoms with E-state index in [0.717, 1.165) is 0 Å². The number of carbonyl (C=O) groups is 1. The summed E-state index contributed by atoms with van der Waals surface area (Å²) < 4.78 is 22.3. The summed E-state index contributed by atoms with van der Waals surface area (Å²) in [5.74, 6) is 0.0789. The Morgan fingerprint density at radius 1 is 1.53 bits per heavy atom. The number of rotatable bonds is 3. The van der Waals surface area contributed by atoms with E-state index in [1.165, 1.54) is 0 Å². The Labute approximate surface area is 98.9 Å². The van der Waals surface area contributed by atoms with Crippen LogP contribution in [0, 0.1) is 0 Å². The minimum absolute atomic E-state index is 0.176. The Balaban J connectivity index is 2.48. The fraction of sp³-hybridized carbons (Fsp3) is 0.889. The Hall–Kier alpha value is -0.100. The molecule has 0 aliphatic carbocycles. The summed E-state index contributed by atoms with van der Waals surface area (Å²) in [7, 11) is -2.96. The molecule has 1 atom stereocenters. The third-order valence-electron chi connectivity index (χ3n) is 2.49. The average molecular weight is 298 g/mol. The molecule has 1 saturated heterocycles. The van der Waals surface area contributed by atoms with Gasteiger partial charge in [-0.05, 0) is 26.7 Å². The van der Waals surface area contributed by atoms with Gasteiger partial charge in [0.05, 0.1) is 15.3 Å². The van der Waals surface area contributed by atoms with Gasteiger partial charge in [0, 0.05) is 6.54 Å². The van der Waals surface area contributed by atoms with Gasteiger partial charge in [0.25, 0.3) is 0 Å². The van der Waals surface area contributed by atoms with Crippen molar-refractivity contribution in [2.24, 2.45) is 0 Å². The first-order valence-corrected chi connectivity index (χ1v) is 7.43. The minimum Gasteiger partial charge on any atom is -0.354 e. The van der Waals surface area contributed by atoms with Crippen molar-refractivity contribution in [2.75, 3.05) is 12.3 Å². The highest BCUT2D eigenvalue weighted by Gasteiger charge is 2.32. The Bertz CT molecular complexity index is 345. The lowest BCUT2D eigenvalue weighted by atomic mass is 10.2. The van der Waals surface area contributed by atoms with Gasteiger partial charge in [-0.15, -0.1) is 0 Å². The maximum atomic E-state index is 11.5. The van der Waals surface area contributed by atoms with Gasteiger partial charge >= 0.3 is 0 Å². The lowest BCUT2D eigenvalue weighted by Crippen LogP contribution is -2.42. The third kappa shape index (κ3) is 3.45. The molecule has 0 spiro atoms. The fourth-order valence-corrected chi connectivity index (χ4v) is 3.41. The molecule has 1 N–H and O–H groups in total. The van der Waals surface area contributed by atoms with Gasteiger partial charge in [-0.25, -0.2) is 8.42 Å². The highest BCUT2D eigenvalue weighted by atomic mass is 79.9. The van der Waals surface area contributed by atoms with E-state index in [9.17, 15) is 13.2 Å². The molecule has 0 saturated carbocycles. The molecular formula is C9H16BrNO3S.